The molecule has 14 heavy (non-hydrogen) atoms. The zero-order valence-corrected chi connectivity index (χ0v) is 9.63. The largest absolute Gasteiger partial charge is 0.214 e. The van der Waals surface area contributed by atoms with Gasteiger partial charge in [-0.3, -0.25) is 0 Å². The van der Waals surface area contributed by atoms with Crippen LogP contribution in [0, 0.1) is 22.7 Å². The molecule has 0 spiro atoms. The van der Waals surface area contributed by atoms with Crippen LogP contribution in [0.15, 0.2) is 0 Å². The minimum Gasteiger partial charge on any atom is -0.212 e. The van der Waals surface area contributed by atoms with Crippen molar-refractivity contribution in [1.29, 1.82) is 5.26 Å². The highest BCUT2D eigenvalue weighted by atomic mass is 32.2. The van der Waals surface area contributed by atoms with E-state index in [1.165, 1.54) is 4.31 Å². The van der Waals surface area contributed by atoms with E-state index in [1.54, 1.807) is 13.8 Å². The van der Waals surface area contributed by atoms with Crippen molar-refractivity contribution in [2.24, 2.45) is 11.3 Å². The van der Waals surface area contributed by atoms with Gasteiger partial charge in [-0.2, -0.15) is 5.26 Å². The standard InChI is InChI=1S/C9H16N2O2S/c1-8-4-11(14(12,13)5-8)7-9(2,3)6-10/h8H,4-5,7H2,1-3H3. The fraction of sp³-hybridized carbons (Fsp3) is 0.889. The van der Waals surface area contributed by atoms with Gasteiger partial charge in [0.1, 0.15) is 0 Å². The van der Waals surface area contributed by atoms with Gasteiger partial charge in [0.15, 0.2) is 0 Å². The summed E-state index contributed by atoms with van der Waals surface area (Å²) in [6, 6.07) is 2.11. The van der Waals surface area contributed by atoms with E-state index >= 15 is 0 Å². The van der Waals surface area contributed by atoms with Crippen LogP contribution in [0.5, 0.6) is 0 Å². The summed E-state index contributed by atoms with van der Waals surface area (Å²) in [5.74, 6) is 0.392. The Morgan fingerprint density at radius 3 is 2.50 bits per heavy atom. The Kier molecular flexibility index (Phi) is 2.88. The van der Waals surface area contributed by atoms with Crippen LogP contribution in [0.25, 0.3) is 0 Å². The fourth-order valence-corrected chi connectivity index (χ4v) is 3.65. The number of nitrogens with zero attached hydrogens (tertiary/aromatic N) is 2. The van der Waals surface area contributed by atoms with Crippen LogP contribution in [-0.4, -0.2) is 31.6 Å². The van der Waals surface area contributed by atoms with Crippen LogP contribution in [0.2, 0.25) is 0 Å². The van der Waals surface area contributed by atoms with Gasteiger partial charge in [-0.05, 0) is 19.8 Å². The number of nitriles is 1. The molecular weight excluding hydrogens is 200 g/mol. The van der Waals surface area contributed by atoms with Gasteiger partial charge in [-0.15, -0.1) is 0 Å². The molecule has 1 aliphatic rings. The van der Waals surface area contributed by atoms with Crippen molar-refractivity contribution in [3.05, 3.63) is 0 Å². The summed E-state index contributed by atoms with van der Waals surface area (Å²) >= 11 is 0. The van der Waals surface area contributed by atoms with Crippen molar-refractivity contribution in [1.82, 2.24) is 4.31 Å². The molecule has 1 aliphatic heterocycles. The van der Waals surface area contributed by atoms with Gasteiger partial charge in [0.05, 0.1) is 17.2 Å². The molecule has 0 aromatic rings. The van der Waals surface area contributed by atoms with Crippen molar-refractivity contribution in [2.75, 3.05) is 18.8 Å². The highest BCUT2D eigenvalue weighted by Gasteiger charge is 2.36. The van der Waals surface area contributed by atoms with Crippen LogP contribution < -0.4 is 0 Å². The quantitative estimate of drug-likeness (QED) is 0.686. The first-order valence-electron chi connectivity index (χ1n) is 4.66. The fourth-order valence-electron chi connectivity index (χ4n) is 1.62. The van der Waals surface area contributed by atoms with Crippen LogP contribution in [0.3, 0.4) is 0 Å². The maximum absolute atomic E-state index is 11.6. The molecule has 4 nitrogen and oxygen atoms in total. The lowest BCUT2D eigenvalue weighted by molar-refractivity contribution is 0.320. The predicted octanol–water partition coefficient (Wildman–Crippen LogP) is 0.818. The summed E-state index contributed by atoms with van der Waals surface area (Å²) in [7, 11) is -3.10. The molecule has 0 saturated carbocycles. The van der Waals surface area contributed by atoms with E-state index in [4.69, 9.17) is 5.26 Å². The normalized spacial score (nSPS) is 27.4. The predicted molar refractivity (Wildman–Crippen MR) is 53.9 cm³/mol. The Bertz CT molecular complexity index is 353. The number of hydrogen-bond donors (Lipinski definition) is 0. The second kappa shape index (κ2) is 3.52. The SMILES string of the molecule is CC1CN(CC(C)(C)C#N)S(=O)(=O)C1. The third kappa shape index (κ3) is 2.46. The highest BCUT2D eigenvalue weighted by Crippen LogP contribution is 2.24. The summed E-state index contributed by atoms with van der Waals surface area (Å²) < 4.78 is 24.6. The second-order valence-corrected chi connectivity index (χ2v) is 6.69. The molecule has 0 aromatic carbocycles. The lowest BCUT2D eigenvalue weighted by atomic mass is 9.96. The maximum atomic E-state index is 11.6. The van der Waals surface area contributed by atoms with Gasteiger partial charge in [0, 0.05) is 13.1 Å². The zero-order valence-electron chi connectivity index (χ0n) is 8.82. The average Bonchev–Trinajstić information content (AvgIpc) is 2.24. The van der Waals surface area contributed by atoms with E-state index in [2.05, 4.69) is 6.07 Å². The first-order valence-corrected chi connectivity index (χ1v) is 6.27. The summed E-state index contributed by atoms with van der Waals surface area (Å²) in [6.07, 6.45) is 0. The number of hydrogen-bond acceptors (Lipinski definition) is 3. The van der Waals surface area contributed by atoms with Crippen molar-refractivity contribution in [3.8, 4) is 6.07 Å². The molecule has 0 amide bonds. The van der Waals surface area contributed by atoms with Gasteiger partial charge >= 0.3 is 0 Å². The monoisotopic (exact) mass is 216 g/mol. The third-order valence-corrected chi connectivity index (χ3v) is 4.33. The molecule has 80 valence electrons. The Balaban J connectivity index is 2.78. The molecular formula is C9H16N2O2S. The van der Waals surface area contributed by atoms with Crippen LogP contribution in [0.1, 0.15) is 20.8 Å². The molecule has 0 aromatic heterocycles. The van der Waals surface area contributed by atoms with Gasteiger partial charge in [0.25, 0.3) is 0 Å². The average molecular weight is 216 g/mol. The number of sulfonamides is 1. The Labute approximate surface area is 85.6 Å². The van der Waals surface area contributed by atoms with E-state index in [1.807, 2.05) is 6.92 Å². The van der Waals surface area contributed by atoms with Crippen LogP contribution >= 0.6 is 0 Å². The van der Waals surface area contributed by atoms with Gasteiger partial charge in [-0.1, -0.05) is 6.92 Å². The van der Waals surface area contributed by atoms with E-state index < -0.39 is 15.4 Å². The van der Waals surface area contributed by atoms with E-state index in [-0.39, 0.29) is 11.7 Å². The smallest absolute Gasteiger partial charge is 0.212 e. The summed E-state index contributed by atoms with van der Waals surface area (Å²) in [5, 5.41) is 8.82. The zero-order chi connectivity index (χ0) is 11.0. The van der Waals surface area contributed by atoms with Crippen LogP contribution in [0.4, 0.5) is 0 Å². The lowest BCUT2D eigenvalue weighted by Gasteiger charge is -2.22. The van der Waals surface area contributed by atoms with Gasteiger partial charge in [0.2, 0.25) is 10.0 Å². The van der Waals surface area contributed by atoms with E-state index in [0.717, 1.165) is 0 Å². The summed E-state index contributed by atoms with van der Waals surface area (Å²) in [6.45, 7) is 6.28. The lowest BCUT2D eigenvalue weighted by Crippen LogP contribution is -2.34. The van der Waals surface area contributed by atoms with Crippen molar-refractivity contribution in [2.45, 2.75) is 20.8 Å². The minimum atomic E-state index is -3.10. The molecule has 1 fully saturated rings. The molecule has 0 aliphatic carbocycles. The number of rotatable bonds is 2. The molecule has 0 bridgehead atoms. The van der Waals surface area contributed by atoms with Crippen molar-refractivity contribution >= 4 is 10.0 Å². The third-order valence-electron chi connectivity index (χ3n) is 2.28. The molecule has 1 atom stereocenters. The van der Waals surface area contributed by atoms with Crippen LogP contribution in [-0.2, 0) is 10.0 Å². The van der Waals surface area contributed by atoms with Crippen molar-refractivity contribution < 1.29 is 8.42 Å². The molecule has 5 heteroatoms. The maximum Gasteiger partial charge on any atom is 0.214 e. The summed E-state index contributed by atoms with van der Waals surface area (Å²) in [5.41, 5.74) is -0.600. The van der Waals surface area contributed by atoms with Gasteiger partial charge < -0.3 is 0 Å². The first kappa shape index (κ1) is 11.5. The van der Waals surface area contributed by atoms with E-state index in [9.17, 15) is 8.42 Å². The van der Waals surface area contributed by atoms with Gasteiger partial charge in [-0.25, -0.2) is 12.7 Å². The minimum absolute atomic E-state index is 0.175. The molecule has 1 unspecified atom stereocenters. The first-order chi connectivity index (χ1) is 6.27. The molecule has 0 N–H and O–H groups in total. The highest BCUT2D eigenvalue weighted by molar-refractivity contribution is 7.89. The second-order valence-electron chi connectivity index (χ2n) is 4.67. The summed E-state index contributed by atoms with van der Waals surface area (Å²) in [4.78, 5) is 0. The molecule has 0 radical (unpaired) electrons. The Morgan fingerprint density at radius 1 is 1.57 bits per heavy atom. The Morgan fingerprint density at radius 2 is 2.14 bits per heavy atom. The van der Waals surface area contributed by atoms with Crippen molar-refractivity contribution in [3.63, 3.8) is 0 Å². The topological polar surface area (TPSA) is 61.2 Å². The molecule has 1 heterocycles. The Hall–Kier alpha value is -0.600. The molecule has 1 saturated heterocycles. The molecule has 1 rings (SSSR count). The van der Waals surface area contributed by atoms with E-state index in [0.29, 0.717) is 13.1 Å².